The fourth-order valence-electron chi connectivity index (χ4n) is 0. The molecule has 0 spiro atoms. The molecule has 0 nitrogen and oxygen atoms in total. The Bertz CT molecular complexity index is 9.51. The van der Waals surface area contributed by atoms with Crippen molar-refractivity contribution in [2.75, 3.05) is 0 Å². The summed E-state index contributed by atoms with van der Waals surface area (Å²) in [7, 11) is 0. The molecule has 0 amide bonds. The van der Waals surface area contributed by atoms with Crippen LogP contribution >= 0.6 is 0 Å². The Hall–Kier alpha value is 1.44. The van der Waals surface area contributed by atoms with Crippen LogP contribution in [0.4, 0.5) is 0 Å². The number of rotatable bonds is 0. The Morgan fingerprint density at radius 1 is 1.17 bits per heavy atom. The molecular formula is C4H12CdSe. The van der Waals surface area contributed by atoms with Crippen molar-refractivity contribution in [1.82, 2.24) is 0 Å². The van der Waals surface area contributed by atoms with Gasteiger partial charge in [0.2, 0.25) is 0 Å². The van der Waals surface area contributed by atoms with Crippen LogP contribution in [0.2, 0.25) is 20.6 Å². The quantitative estimate of drug-likeness (QED) is 0.577. The molecular weight excluding hydrogens is 239 g/mol. The van der Waals surface area contributed by atoms with Crippen molar-refractivity contribution < 1.29 is 24.2 Å². The Labute approximate surface area is 59.5 Å². The van der Waals surface area contributed by atoms with Gasteiger partial charge in [0.1, 0.15) is 0 Å². The molecule has 0 saturated heterocycles. The predicted molar refractivity (Wildman–Crippen MR) is 29.2 cm³/mol. The third-order valence-electron chi connectivity index (χ3n) is 0. The summed E-state index contributed by atoms with van der Waals surface area (Å²) in [6.07, 6.45) is 0. The van der Waals surface area contributed by atoms with Gasteiger partial charge in [-0.2, -0.15) is 0 Å². The minimum absolute atomic E-state index is 0.01000. The van der Waals surface area contributed by atoms with Gasteiger partial charge in [-0.05, 0) is 0 Å². The molecule has 0 aliphatic carbocycles. The molecule has 6 heavy (non-hydrogen) atoms. The summed E-state index contributed by atoms with van der Waals surface area (Å²) in [4.78, 5) is 0. The van der Waals surface area contributed by atoms with Crippen LogP contribution in [-0.4, -0.2) is 15.0 Å². The normalized spacial score (nSPS) is 4.67. The summed E-state index contributed by atoms with van der Waals surface area (Å²) >= 11 is 0.865. The summed E-state index contributed by atoms with van der Waals surface area (Å²) in [5.74, 6) is 4.38. The molecule has 0 heterocycles. The number of hydrogen-bond donors (Lipinski definition) is 0. The predicted octanol–water partition coefficient (Wildman–Crippen LogP) is 1.95. The Morgan fingerprint density at radius 2 is 1.17 bits per heavy atom. The maximum atomic E-state index is 2.34. The first-order chi connectivity index (χ1) is 2.83. The molecule has 0 rings (SSSR count). The SMILES string of the molecule is C[Se]C.[CH3][Cd][CH3]. The molecule has 0 atom stereocenters. The topological polar surface area (TPSA) is 0 Å². The van der Waals surface area contributed by atoms with Gasteiger partial charge in [0, 0.05) is 0 Å². The van der Waals surface area contributed by atoms with E-state index in [1.165, 1.54) is 0 Å². The first-order valence-corrected chi connectivity index (χ1v) is 13.7. The molecule has 0 fully saturated rings. The molecule has 0 aliphatic rings. The van der Waals surface area contributed by atoms with Gasteiger partial charge < -0.3 is 0 Å². The van der Waals surface area contributed by atoms with Crippen molar-refractivity contribution in [3.63, 3.8) is 0 Å². The third kappa shape index (κ3) is 51.7. The summed E-state index contributed by atoms with van der Waals surface area (Å²) in [6.45, 7) is 0. The molecule has 0 radical (unpaired) electrons. The zero-order chi connectivity index (χ0) is 5.41. The molecule has 0 aliphatic heterocycles. The van der Waals surface area contributed by atoms with Gasteiger partial charge in [-0.3, -0.25) is 0 Å². The standard InChI is InChI=1S/C2H6Se.2CH3.Cd/c1-3-2;;;/h1-2H3;2*1H3;. The second-order valence-corrected chi connectivity index (χ2v) is 6.86. The molecule has 0 aromatic carbocycles. The first kappa shape index (κ1) is 10.4. The van der Waals surface area contributed by atoms with Crippen molar-refractivity contribution in [1.29, 1.82) is 0 Å². The molecule has 0 aromatic rings. The summed E-state index contributed by atoms with van der Waals surface area (Å²) in [5.41, 5.74) is 0. The van der Waals surface area contributed by atoms with Crippen LogP contribution in [0.1, 0.15) is 0 Å². The number of hydrogen-bond acceptors (Lipinski definition) is 0. The van der Waals surface area contributed by atoms with Crippen LogP contribution in [-0.2, 0) is 24.2 Å². The molecule has 36 valence electrons. The van der Waals surface area contributed by atoms with Crippen LogP contribution in [0.15, 0.2) is 0 Å². The second kappa shape index (κ2) is 16.1. The van der Waals surface area contributed by atoms with Crippen LogP contribution in [0, 0.1) is 0 Å². The maximum absolute atomic E-state index is 2.34. The van der Waals surface area contributed by atoms with E-state index in [1.54, 1.807) is 0 Å². The zero-order valence-corrected chi connectivity index (χ0v) is 10.9. The summed E-state index contributed by atoms with van der Waals surface area (Å²) < 4.78 is 4.67. The van der Waals surface area contributed by atoms with Gasteiger partial charge >= 0.3 is 59.8 Å². The van der Waals surface area contributed by atoms with Gasteiger partial charge in [0.05, 0.1) is 0 Å². The first-order valence-electron chi connectivity index (χ1n) is 2.23. The van der Waals surface area contributed by atoms with E-state index in [0.29, 0.717) is 0 Å². The van der Waals surface area contributed by atoms with Crippen molar-refractivity contribution in [3.05, 3.63) is 0 Å². The van der Waals surface area contributed by atoms with E-state index in [1.807, 2.05) is 0 Å². The minimum atomic E-state index is -0.01000. The molecule has 0 aromatic heterocycles. The Morgan fingerprint density at radius 3 is 1.17 bits per heavy atom. The van der Waals surface area contributed by atoms with E-state index < -0.39 is 0 Å². The molecule has 0 saturated carbocycles. The van der Waals surface area contributed by atoms with E-state index in [0.717, 1.165) is 15.0 Å². The summed E-state index contributed by atoms with van der Waals surface area (Å²) in [6, 6.07) is 0. The Balaban J connectivity index is 0. The van der Waals surface area contributed by atoms with Gasteiger partial charge in [0.15, 0.2) is 0 Å². The molecule has 2 heteroatoms. The van der Waals surface area contributed by atoms with Crippen molar-refractivity contribution >= 4 is 15.0 Å². The Kier molecular flexibility index (Phi) is 28.0. The molecule has 0 bridgehead atoms. The van der Waals surface area contributed by atoms with E-state index in [-0.39, 0.29) is 24.2 Å². The van der Waals surface area contributed by atoms with E-state index >= 15 is 0 Å². The molecule has 0 unspecified atom stereocenters. The fourth-order valence-corrected chi connectivity index (χ4v) is 0. The van der Waals surface area contributed by atoms with Gasteiger partial charge in [-0.15, -0.1) is 0 Å². The van der Waals surface area contributed by atoms with E-state index in [4.69, 9.17) is 0 Å². The average Bonchev–Trinajstić information content (AvgIpc) is 1.39. The van der Waals surface area contributed by atoms with Gasteiger partial charge in [0.25, 0.3) is 0 Å². The fraction of sp³-hybridized carbons (Fsp3) is 1.00. The third-order valence-corrected chi connectivity index (χ3v) is 0. The van der Waals surface area contributed by atoms with Gasteiger partial charge in [-0.25, -0.2) is 0 Å². The zero-order valence-electron chi connectivity index (χ0n) is 5.12. The molecule has 0 N–H and O–H groups in total. The van der Waals surface area contributed by atoms with Gasteiger partial charge in [-0.1, -0.05) is 0 Å². The van der Waals surface area contributed by atoms with Crippen LogP contribution in [0.3, 0.4) is 0 Å². The van der Waals surface area contributed by atoms with E-state index in [2.05, 4.69) is 20.6 Å². The van der Waals surface area contributed by atoms with Crippen molar-refractivity contribution in [2.24, 2.45) is 0 Å². The average molecular weight is 252 g/mol. The summed E-state index contributed by atoms with van der Waals surface area (Å²) in [5, 5.41) is 0. The van der Waals surface area contributed by atoms with Crippen LogP contribution < -0.4 is 0 Å². The second-order valence-electron chi connectivity index (χ2n) is 1.12. The van der Waals surface area contributed by atoms with E-state index in [9.17, 15) is 0 Å². The van der Waals surface area contributed by atoms with Crippen LogP contribution in [0.25, 0.3) is 0 Å². The van der Waals surface area contributed by atoms with Crippen LogP contribution in [0.5, 0.6) is 0 Å². The monoisotopic (exact) mass is 254 g/mol. The van der Waals surface area contributed by atoms with Crippen molar-refractivity contribution in [3.8, 4) is 0 Å². The van der Waals surface area contributed by atoms with Crippen molar-refractivity contribution in [2.45, 2.75) is 20.6 Å².